The third-order valence-corrected chi connectivity index (χ3v) is 8.91. The zero-order valence-corrected chi connectivity index (χ0v) is 17.8. The minimum absolute atomic E-state index is 0.512. The summed E-state index contributed by atoms with van der Waals surface area (Å²) in [6, 6.07) is 11.7. The highest BCUT2D eigenvalue weighted by Gasteiger charge is 2.44. The lowest BCUT2D eigenvalue weighted by Crippen LogP contribution is -2.41. The zero-order valence-electron chi connectivity index (χ0n) is 17.8. The molecule has 3 fully saturated rings. The number of hydrogen-bond acceptors (Lipinski definition) is 0. The van der Waals surface area contributed by atoms with Crippen molar-refractivity contribution in [1.82, 2.24) is 0 Å². The van der Waals surface area contributed by atoms with E-state index >= 15 is 0 Å². The minimum atomic E-state index is 0.512. The van der Waals surface area contributed by atoms with Crippen LogP contribution >= 0.6 is 0 Å². The Hall–Kier alpha value is -0.780. The molecule has 0 heteroatoms. The van der Waals surface area contributed by atoms with Gasteiger partial charge in [0.2, 0.25) is 0 Å². The highest BCUT2D eigenvalue weighted by Crippen LogP contribution is 2.53. The van der Waals surface area contributed by atoms with Crippen LogP contribution in [0.2, 0.25) is 0 Å². The van der Waals surface area contributed by atoms with Crippen LogP contribution in [0.1, 0.15) is 109 Å². The van der Waals surface area contributed by atoms with Crippen LogP contribution in [-0.2, 0) is 5.41 Å². The molecule has 0 aliphatic heterocycles. The van der Waals surface area contributed by atoms with Gasteiger partial charge in [0.1, 0.15) is 0 Å². The molecule has 0 nitrogen and oxygen atoms in total. The molecule has 0 aromatic heterocycles. The normalized spacial score (nSPS) is 35.8. The average Bonchev–Trinajstić information content (AvgIpc) is 2.76. The number of hydrogen-bond donors (Lipinski definition) is 0. The van der Waals surface area contributed by atoms with Crippen molar-refractivity contribution in [3.63, 3.8) is 0 Å². The Balaban J connectivity index is 1.42. The lowest BCUT2D eigenvalue weighted by molar-refractivity contribution is 0.0845. The molecule has 0 heterocycles. The van der Waals surface area contributed by atoms with Crippen molar-refractivity contribution in [1.29, 1.82) is 0 Å². The first-order valence-electron chi connectivity index (χ1n) is 12.4. The van der Waals surface area contributed by atoms with Crippen molar-refractivity contribution in [3.8, 4) is 0 Å². The molecule has 0 amide bonds. The molecule has 3 aliphatic rings. The first-order valence-corrected chi connectivity index (χ1v) is 12.4. The topological polar surface area (TPSA) is 0 Å². The highest BCUT2D eigenvalue weighted by atomic mass is 14.5. The fourth-order valence-electron chi connectivity index (χ4n) is 7.34. The Morgan fingerprint density at radius 1 is 0.741 bits per heavy atom. The van der Waals surface area contributed by atoms with Gasteiger partial charge in [-0.25, -0.2) is 0 Å². The zero-order chi connectivity index (χ0) is 18.5. The predicted octanol–water partition coefficient (Wildman–Crippen LogP) is 8.30. The summed E-state index contributed by atoms with van der Waals surface area (Å²) < 4.78 is 0. The molecule has 0 radical (unpaired) electrons. The largest absolute Gasteiger partial charge is 0.0654 e. The van der Waals surface area contributed by atoms with Gasteiger partial charge < -0.3 is 0 Å². The molecule has 0 bridgehead atoms. The molecule has 0 atom stereocenters. The van der Waals surface area contributed by atoms with Gasteiger partial charge >= 0.3 is 0 Å². The van der Waals surface area contributed by atoms with Crippen molar-refractivity contribution in [2.24, 2.45) is 23.7 Å². The molecule has 3 saturated carbocycles. The minimum Gasteiger partial charge on any atom is -0.0654 e. The van der Waals surface area contributed by atoms with Gasteiger partial charge in [-0.1, -0.05) is 82.2 Å². The van der Waals surface area contributed by atoms with Gasteiger partial charge in [0, 0.05) is 0 Å². The summed E-state index contributed by atoms with van der Waals surface area (Å²) in [7, 11) is 0. The Kier molecular flexibility index (Phi) is 6.62. The van der Waals surface area contributed by atoms with Gasteiger partial charge in [-0.05, 0) is 86.0 Å². The van der Waals surface area contributed by atoms with Gasteiger partial charge in [-0.3, -0.25) is 0 Å². The lowest BCUT2D eigenvalue weighted by Gasteiger charge is -2.49. The van der Waals surface area contributed by atoms with Gasteiger partial charge in [0.25, 0.3) is 0 Å². The summed E-state index contributed by atoms with van der Waals surface area (Å²) >= 11 is 0. The fraction of sp³-hybridized carbons (Fsp3) is 0.778. The van der Waals surface area contributed by atoms with Crippen molar-refractivity contribution >= 4 is 0 Å². The maximum atomic E-state index is 2.46. The molecule has 4 rings (SSSR count). The predicted molar refractivity (Wildman–Crippen MR) is 117 cm³/mol. The maximum Gasteiger partial charge on any atom is -0.00185 e. The first kappa shape index (κ1) is 19.5. The summed E-state index contributed by atoms with van der Waals surface area (Å²) in [5, 5.41) is 0. The molecule has 3 aliphatic carbocycles. The second-order valence-electron chi connectivity index (χ2n) is 10.3. The van der Waals surface area contributed by atoms with E-state index in [9.17, 15) is 0 Å². The van der Waals surface area contributed by atoms with Crippen LogP contribution in [0.5, 0.6) is 0 Å². The van der Waals surface area contributed by atoms with E-state index in [1.807, 2.05) is 0 Å². The molecule has 0 unspecified atom stereocenters. The smallest absolute Gasteiger partial charge is 0.00185 e. The number of benzene rings is 1. The van der Waals surface area contributed by atoms with E-state index in [0.29, 0.717) is 5.41 Å². The fourth-order valence-corrected chi connectivity index (χ4v) is 7.34. The Labute approximate surface area is 168 Å². The van der Waals surface area contributed by atoms with E-state index in [0.717, 1.165) is 23.7 Å². The molecule has 150 valence electrons. The standard InChI is InChI=1S/C27H42/c1-2-9-22-14-16-23(17-15-22)24-18-20-27(21-19-24,25-10-5-3-6-11-25)26-12-7-4-8-13-26/h3,5-6,10-11,22-24,26H,2,4,7-9,12-21H2,1H3. The lowest BCUT2D eigenvalue weighted by atomic mass is 9.55. The SMILES string of the molecule is CCCC1CCC(C2CCC(c3ccccc3)(C3CCCCC3)CC2)CC1. The molecule has 0 N–H and O–H groups in total. The quantitative estimate of drug-likeness (QED) is 0.491. The molecule has 27 heavy (non-hydrogen) atoms. The van der Waals surface area contributed by atoms with Crippen LogP contribution < -0.4 is 0 Å². The second-order valence-corrected chi connectivity index (χ2v) is 10.3. The Morgan fingerprint density at radius 3 is 2.00 bits per heavy atom. The van der Waals surface area contributed by atoms with Crippen LogP contribution in [-0.4, -0.2) is 0 Å². The highest BCUT2D eigenvalue weighted by molar-refractivity contribution is 5.27. The molecule has 1 aromatic carbocycles. The molecule has 0 saturated heterocycles. The Morgan fingerprint density at radius 2 is 1.37 bits per heavy atom. The van der Waals surface area contributed by atoms with E-state index in [1.54, 1.807) is 5.56 Å². The third kappa shape index (κ3) is 4.30. The van der Waals surface area contributed by atoms with Crippen LogP contribution in [0.4, 0.5) is 0 Å². The average molecular weight is 367 g/mol. The van der Waals surface area contributed by atoms with Crippen LogP contribution in [0, 0.1) is 23.7 Å². The van der Waals surface area contributed by atoms with Crippen molar-refractivity contribution < 1.29 is 0 Å². The van der Waals surface area contributed by atoms with Crippen LogP contribution in [0.25, 0.3) is 0 Å². The number of rotatable bonds is 5. The summed E-state index contributed by atoms with van der Waals surface area (Å²) in [4.78, 5) is 0. The van der Waals surface area contributed by atoms with E-state index in [1.165, 1.54) is 96.3 Å². The van der Waals surface area contributed by atoms with E-state index < -0.39 is 0 Å². The summed E-state index contributed by atoms with van der Waals surface area (Å²) in [5.74, 6) is 4.10. The van der Waals surface area contributed by atoms with Crippen molar-refractivity contribution in [2.45, 2.75) is 109 Å². The van der Waals surface area contributed by atoms with E-state index in [-0.39, 0.29) is 0 Å². The molecular weight excluding hydrogens is 324 g/mol. The van der Waals surface area contributed by atoms with Crippen molar-refractivity contribution in [3.05, 3.63) is 35.9 Å². The van der Waals surface area contributed by atoms with Gasteiger partial charge in [-0.15, -0.1) is 0 Å². The summed E-state index contributed by atoms with van der Waals surface area (Å²) in [6.45, 7) is 2.36. The molecular formula is C27H42. The Bertz CT molecular complexity index is 537. The van der Waals surface area contributed by atoms with Gasteiger partial charge in [0.15, 0.2) is 0 Å². The van der Waals surface area contributed by atoms with Gasteiger partial charge in [0.05, 0.1) is 0 Å². The summed E-state index contributed by atoms with van der Waals surface area (Å²) in [6.07, 6.45) is 22.4. The third-order valence-electron chi connectivity index (χ3n) is 8.91. The first-order chi connectivity index (χ1) is 13.3. The monoisotopic (exact) mass is 366 g/mol. The van der Waals surface area contributed by atoms with Gasteiger partial charge in [-0.2, -0.15) is 0 Å². The van der Waals surface area contributed by atoms with Crippen LogP contribution in [0.15, 0.2) is 30.3 Å². The van der Waals surface area contributed by atoms with E-state index in [4.69, 9.17) is 0 Å². The van der Waals surface area contributed by atoms with Crippen LogP contribution in [0.3, 0.4) is 0 Å². The summed E-state index contributed by atoms with van der Waals surface area (Å²) in [5.41, 5.74) is 2.19. The molecule has 0 spiro atoms. The molecule has 1 aromatic rings. The second kappa shape index (κ2) is 9.15. The maximum absolute atomic E-state index is 2.46. The van der Waals surface area contributed by atoms with Crippen molar-refractivity contribution in [2.75, 3.05) is 0 Å². The van der Waals surface area contributed by atoms with E-state index in [2.05, 4.69) is 37.3 Å².